The van der Waals surface area contributed by atoms with Gasteiger partial charge in [-0.15, -0.1) is 0 Å². The molecule has 0 heterocycles. The minimum atomic E-state index is -0.513. The first-order valence-electron chi connectivity index (χ1n) is 5.93. The van der Waals surface area contributed by atoms with Crippen LogP contribution >= 0.6 is 0 Å². The Morgan fingerprint density at radius 3 is 2.50 bits per heavy atom. The lowest BCUT2D eigenvalue weighted by Crippen LogP contribution is -2.32. The van der Waals surface area contributed by atoms with Crippen molar-refractivity contribution in [1.29, 1.82) is 0 Å². The predicted molar refractivity (Wildman–Crippen MR) is 72.8 cm³/mol. The molecule has 0 fully saturated rings. The summed E-state index contributed by atoms with van der Waals surface area (Å²) in [5.41, 5.74) is 6.19. The zero-order valence-corrected chi connectivity index (χ0v) is 11.1. The molecule has 5 nitrogen and oxygen atoms in total. The van der Waals surface area contributed by atoms with Crippen molar-refractivity contribution in [3.05, 3.63) is 24.3 Å². The summed E-state index contributed by atoms with van der Waals surface area (Å²) in [6, 6.07) is 6.73. The van der Waals surface area contributed by atoms with Crippen molar-refractivity contribution in [2.24, 2.45) is 5.73 Å². The van der Waals surface area contributed by atoms with Crippen LogP contribution in [-0.2, 0) is 4.79 Å². The topological polar surface area (TPSA) is 67.6 Å². The number of nitrogens with one attached hydrogen (secondary N) is 1. The number of carbonyl (C=O) groups is 1. The van der Waals surface area contributed by atoms with Gasteiger partial charge in [-0.05, 0) is 45.3 Å². The Kier molecular flexibility index (Phi) is 5.61. The van der Waals surface area contributed by atoms with E-state index in [1.165, 1.54) is 0 Å². The lowest BCUT2D eigenvalue weighted by Gasteiger charge is -2.12. The van der Waals surface area contributed by atoms with Gasteiger partial charge in [0.15, 0.2) is 0 Å². The molecule has 100 valence electrons. The van der Waals surface area contributed by atoms with Crippen LogP contribution in [0.1, 0.15) is 6.92 Å². The van der Waals surface area contributed by atoms with Gasteiger partial charge < -0.3 is 20.7 Å². The first-order chi connectivity index (χ1) is 8.49. The van der Waals surface area contributed by atoms with Crippen molar-refractivity contribution < 1.29 is 9.53 Å². The molecule has 1 atom stereocenters. The summed E-state index contributed by atoms with van der Waals surface area (Å²) in [6.07, 6.45) is 0. The van der Waals surface area contributed by atoms with Crippen molar-refractivity contribution in [1.82, 2.24) is 4.90 Å². The summed E-state index contributed by atoms with van der Waals surface area (Å²) < 4.78 is 5.55. The summed E-state index contributed by atoms with van der Waals surface area (Å²) in [5.74, 6) is 0.590. The normalized spacial score (nSPS) is 12.3. The zero-order chi connectivity index (χ0) is 13.5. The molecule has 0 aliphatic heterocycles. The maximum Gasteiger partial charge on any atom is 0.240 e. The van der Waals surface area contributed by atoms with E-state index in [2.05, 4.69) is 10.2 Å². The number of nitrogens with zero attached hydrogens (tertiary/aromatic N) is 1. The van der Waals surface area contributed by atoms with Crippen molar-refractivity contribution >= 4 is 11.6 Å². The Hall–Kier alpha value is -1.59. The molecule has 1 aromatic carbocycles. The third-order valence-electron chi connectivity index (χ3n) is 2.34. The molecular weight excluding hydrogens is 230 g/mol. The second-order valence-corrected chi connectivity index (χ2v) is 4.45. The van der Waals surface area contributed by atoms with Crippen LogP contribution in [0, 0.1) is 0 Å². The van der Waals surface area contributed by atoms with E-state index in [0.717, 1.165) is 18.0 Å². The zero-order valence-electron chi connectivity index (χ0n) is 11.1. The van der Waals surface area contributed by atoms with E-state index in [4.69, 9.17) is 10.5 Å². The minimum absolute atomic E-state index is 0.198. The monoisotopic (exact) mass is 251 g/mol. The first kappa shape index (κ1) is 14.5. The maximum absolute atomic E-state index is 11.4. The molecule has 0 spiro atoms. The van der Waals surface area contributed by atoms with E-state index in [0.29, 0.717) is 6.61 Å². The highest BCUT2D eigenvalue weighted by Gasteiger charge is 2.07. The summed E-state index contributed by atoms with van der Waals surface area (Å²) in [5, 5.41) is 2.72. The largest absolute Gasteiger partial charge is 0.492 e. The molecule has 1 rings (SSSR count). The van der Waals surface area contributed by atoms with Gasteiger partial charge in [0.1, 0.15) is 12.4 Å². The maximum atomic E-state index is 11.4. The van der Waals surface area contributed by atoms with Crippen LogP contribution in [0.15, 0.2) is 24.3 Å². The second-order valence-electron chi connectivity index (χ2n) is 4.45. The SMILES string of the molecule is CC(N)C(=O)Nc1ccc(OCCN(C)C)cc1. The van der Waals surface area contributed by atoms with Crippen molar-refractivity contribution in [2.75, 3.05) is 32.6 Å². The molecule has 0 saturated heterocycles. The lowest BCUT2D eigenvalue weighted by atomic mass is 10.2. The number of benzene rings is 1. The van der Waals surface area contributed by atoms with Crippen LogP contribution in [0.4, 0.5) is 5.69 Å². The average Bonchev–Trinajstić information content (AvgIpc) is 2.30. The Bertz CT molecular complexity index is 374. The van der Waals surface area contributed by atoms with Gasteiger partial charge in [0.2, 0.25) is 5.91 Å². The Morgan fingerprint density at radius 1 is 1.39 bits per heavy atom. The highest BCUT2D eigenvalue weighted by atomic mass is 16.5. The molecule has 5 heteroatoms. The van der Waals surface area contributed by atoms with Gasteiger partial charge in [-0.25, -0.2) is 0 Å². The Balaban J connectivity index is 2.45. The van der Waals surface area contributed by atoms with Crippen LogP contribution < -0.4 is 15.8 Å². The number of nitrogens with two attached hydrogens (primary N) is 1. The number of hydrogen-bond donors (Lipinski definition) is 2. The summed E-state index contributed by atoms with van der Waals surface area (Å²) in [6.45, 7) is 3.15. The smallest absolute Gasteiger partial charge is 0.240 e. The minimum Gasteiger partial charge on any atom is -0.492 e. The Labute approximate surface area is 108 Å². The fourth-order valence-corrected chi connectivity index (χ4v) is 1.24. The van der Waals surface area contributed by atoms with E-state index in [-0.39, 0.29) is 5.91 Å². The quantitative estimate of drug-likeness (QED) is 0.788. The molecule has 1 unspecified atom stereocenters. The molecule has 1 aromatic rings. The highest BCUT2D eigenvalue weighted by molar-refractivity contribution is 5.94. The van der Waals surface area contributed by atoms with Gasteiger partial charge >= 0.3 is 0 Å². The first-order valence-corrected chi connectivity index (χ1v) is 5.93. The lowest BCUT2D eigenvalue weighted by molar-refractivity contribution is -0.117. The number of carbonyl (C=O) groups excluding carboxylic acids is 1. The Morgan fingerprint density at radius 2 is 2.00 bits per heavy atom. The van der Waals surface area contributed by atoms with Crippen molar-refractivity contribution in [3.8, 4) is 5.75 Å². The van der Waals surface area contributed by atoms with E-state index in [1.54, 1.807) is 19.1 Å². The van der Waals surface area contributed by atoms with Crippen LogP contribution in [0.2, 0.25) is 0 Å². The highest BCUT2D eigenvalue weighted by Crippen LogP contribution is 2.15. The molecule has 0 aliphatic rings. The van der Waals surface area contributed by atoms with Gasteiger partial charge in [-0.1, -0.05) is 0 Å². The number of anilines is 1. The van der Waals surface area contributed by atoms with Crippen LogP contribution in [0.3, 0.4) is 0 Å². The van der Waals surface area contributed by atoms with E-state index in [9.17, 15) is 4.79 Å². The fourth-order valence-electron chi connectivity index (χ4n) is 1.24. The van der Waals surface area contributed by atoms with E-state index < -0.39 is 6.04 Å². The number of amides is 1. The molecule has 1 amide bonds. The molecule has 0 bridgehead atoms. The third kappa shape index (κ3) is 5.16. The van der Waals surface area contributed by atoms with Crippen LogP contribution in [-0.4, -0.2) is 44.1 Å². The van der Waals surface area contributed by atoms with E-state index >= 15 is 0 Å². The van der Waals surface area contributed by atoms with Crippen LogP contribution in [0.25, 0.3) is 0 Å². The van der Waals surface area contributed by atoms with E-state index in [1.807, 2.05) is 26.2 Å². The number of hydrogen-bond acceptors (Lipinski definition) is 4. The molecule has 0 aromatic heterocycles. The number of rotatable bonds is 6. The molecule has 0 aliphatic carbocycles. The summed E-state index contributed by atoms with van der Waals surface area (Å²) >= 11 is 0. The van der Waals surface area contributed by atoms with Gasteiger partial charge in [-0.2, -0.15) is 0 Å². The van der Waals surface area contributed by atoms with Gasteiger partial charge in [0.05, 0.1) is 6.04 Å². The van der Waals surface area contributed by atoms with Gasteiger partial charge in [-0.3, -0.25) is 4.79 Å². The summed E-state index contributed by atoms with van der Waals surface area (Å²) in [7, 11) is 3.99. The molecular formula is C13H21N3O2. The summed E-state index contributed by atoms with van der Waals surface area (Å²) in [4.78, 5) is 13.4. The molecule has 3 N–H and O–H groups in total. The third-order valence-corrected chi connectivity index (χ3v) is 2.34. The predicted octanol–water partition coefficient (Wildman–Crippen LogP) is 0.913. The van der Waals surface area contributed by atoms with Crippen molar-refractivity contribution in [2.45, 2.75) is 13.0 Å². The standard InChI is InChI=1S/C13H21N3O2/c1-10(14)13(17)15-11-4-6-12(7-5-11)18-9-8-16(2)3/h4-7,10H,8-9,14H2,1-3H3,(H,15,17). The number of ether oxygens (including phenoxy) is 1. The average molecular weight is 251 g/mol. The van der Waals surface area contributed by atoms with Gasteiger partial charge in [0.25, 0.3) is 0 Å². The fraction of sp³-hybridized carbons (Fsp3) is 0.462. The van der Waals surface area contributed by atoms with Crippen LogP contribution in [0.5, 0.6) is 5.75 Å². The molecule has 18 heavy (non-hydrogen) atoms. The van der Waals surface area contributed by atoms with Crippen molar-refractivity contribution in [3.63, 3.8) is 0 Å². The molecule has 0 saturated carbocycles. The molecule has 0 radical (unpaired) electrons. The number of likely N-dealkylation sites (N-methyl/N-ethyl adjacent to an activating group) is 1. The van der Waals surface area contributed by atoms with Gasteiger partial charge in [0, 0.05) is 12.2 Å². The second kappa shape index (κ2) is 6.98.